The van der Waals surface area contributed by atoms with Crippen LogP contribution in [0.2, 0.25) is 0 Å². The molecule has 0 saturated heterocycles. The Labute approximate surface area is 159 Å². The molecular formula is C18H19N5O3S. The van der Waals surface area contributed by atoms with Gasteiger partial charge in [0.2, 0.25) is 0 Å². The van der Waals surface area contributed by atoms with E-state index in [0.29, 0.717) is 11.3 Å². The number of rotatable bonds is 7. The molecule has 27 heavy (non-hydrogen) atoms. The lowest BCUT2D eigenvalue weighted by atomic mass is 10.1. The van der Waals surface area contributed by atoms with Crippen LogP contribution in [-0.4, -0.2) is 44.7 Å². The van der Waals surface area contributed by atoms with Gasteiger partial charge in [0.05, 0.1) is 22.8 Å². The van der Waals surface area contributed by atoms with Crippen LogP contribution in [0.5, 0.6) is 0 Å². The summed E-state index contributed by atoms with van der Waals surface area (Å²) in [6.07, 6.45) is 1.04. The second-order valence-corrected chi connectivity index (χ2v) is 6.90. The fourth-order valence-corrected chi connectivity index (χ4v) is 3.48. The quantitative estimate of drug-likeness (QED) is 0.577. The van der Waals surface area contributed by atoms with Crippen LogP contribution in [0.15, 0.2) is 48.0 Å². The lowest BCUT2D eigenvalue weighted by Gasteiger charge is -2.18. The van der Waals surface area contributed by atoms with Gasteiger partial charge in [-0.25, -0.2) is 9.48 Å². The number of benzene rings is 1. The second kappa shape index (κ2) is 8.45. The van der Waals surface area contributed by atoms with Crippen LogP contribution in [0.3, 0.4) is 0 Å². The number of carbonyl (C=O) groups excluding carboxylic acids is 1. The van der Waals surface area contributed by atoms with E-state index in [4.69, 9.17) is 5.11 Å². The summed E-state index contributed by atoms with van der Waals surface area (Å²) in [5.74, 6) is -0.241. The average molecular weight is 385 g/mol. The van der Waals surface area contributed by atoms with Crippen LogP contribution < -0.4 is 10.6 Å². The summed E-state index contributed by atoms with van der Waals surface area (Å²) in [5.41, 5.74) is 2.70. The minimum absolute atomic E-state index is 0.125. The number of amides is 2. The van der Waals surface area contributed by atoms with Gasteiger partial charge in [0.15, 0.2) is 0 Å². The highest BCUT2D eigenvalue weighted by Gasteiger charge is 2.18. The molecule has 0 fully saturated rings. The first kappa shape index (κ1) is 18.6. The molecule has 1 atom stereocenters. The van der Waals surface area contributed by atoms with Crippen molar-refractivity contribution in [1.82, 2.24) is 25.6 Å². The number of nitrogens with one attached hydrogen (secondary N) is 2. The fraction of sp³-hybridized carbons (Fsp3) is 0.222. The summed E-state index contributed by atoms with van der Waals surface area (Å²) in [5, 5.41) is 23.7. The van der Waals surface area contributed by atoms with Crippen LogP contribution in [0.1, 0.15) is 15.2 Å². The van der Waals surface area contributed by atoms with Gasteiger partial charge in [-0.15, -0.1) is 16.4 Å². The van der Waals surface area contributed by atoms with Crippen molar-refractivity contribution in [2.24, 2.45) is 7.05 Å². The molecule has 0 spiro atoms. The third kappa shape index (κ3) is 4.91. The SMILES string of the molecule is Cn1nncc1-c1csc(C(=O)N[C@H](CNC(=O)O)Cc2ccccc2)c1. The molecule has 3 rings (SSSR count). The van der Waals surface area contributed by atoms with Gasteiger partial charge in [0.1, 0.15) is 0 Å². The number of aryl methyl sites for hydroxylation is 1. The van der Waals surface area contributed by atoms with E-state index >= 15 is 0 Å². The van der Waals surface area contributed by atoms with E-state index in [1.165, 1.54) is 11.3 Å². The average Bonchev–Trinajstić information content (AvgIpc) is 3.29. The van der Waals surface area contributed by atoms with Crippen molar-refractivity contribution in [3.05, 3.63) is 58.4 Å². The number of hydrogen-bond acceptors (Lipinski definition) is 5. The van der Waals surface area contributed by atoms with E-state index in [-0.39, 0.29) is 18.5 Å². The zero-order valence-corrected chi connectivity index (χ0v) is 15.4. The molecule has 140 valence electrons. The van der Waals surface area contributed by atoms with E-state index in [0.717, 1.165) is 16.8 Å². The predicted octanol–water partition coefficient (Wildman–Crippen LogP) is 2.15. The molecule has 0 bridgehead atoms. The fourth-order valence-electron chi connectivity index (χ4n) is 2.68. The van der Waals surface area contributed by atoms with Crippen molar-refractivity contribution < 1.29 is 14.7 Å². The first-order valence-corrected chi connectivity index (χ1v) is 9.16. The lowest BCUT2D eigenvalue weighted by molar-refractivity contribution is 0.0939. The number of carboxylic acid groups (broad SMARTS) is 1. The summed E-state index contributed by atoms with van der Waals surface area (Å²) in [6, 6.07) is 11.0. The van der Waals surface area contributed by atoms with E-state index in [1.807, 2.05) is 35.7 Å². The predicted molar refractivity (Wildman–Crippen MR) is 102 cm³/mol. The van der Waals surface area contributed by atoms with Gasteiger partial charge in [0.25, 0.3) is 5.91 Å². The summed E-state index contributed by atoms with van der Waals surface area (Å²) in [4.78, 5) is 24.0. The Morgan fingerprint density at radius 1 is 1.30 bits per heavy atom. The van der Waals surface area contributed by atoms with Gasteiger partial charge in [-0.3, -0.25) is 4.79 Å². The molecule has 0 unspecified atom stereocenters. The van der Waals surface area contributed by atoms with E-state index < -0.39 is 6.09 Å². The van der Waals surface area contributed by atoms with Gasteiger partial charge in [-0.1, -0.05) is 35.5 Å². The molecule has 1 aromatic carbocycles. The maximum atomic E-state index is 12.6. The monoisotopic (exact) mass is 385 g/mol. The molecule has 0 aliphatic carbocycles. The largest absolute Gasteiger partial charge is 0.465 e. The number of nitrogens with zero attached hydrogens (tertiary/aromatic N) is 3. The Balaban J connectivity index is 1.70. The van der Waals surface area contributed by atoms with Crippen LogP contribution in [0, 0.1) is 0 Å². The molecule has 2 heterocycles. The lowest BCUT2D eigenvalue weighted by Crippen LogP contribution is -2.44. The highest BCUT2D eigenvalue weighted by atomic mass is 32.1. The Hall–Kier alpha value is -3.20. The minimum Gasteiger partial charge on any atom is -0.465 e. The summed E-state index contributed by atoms with van der Waals surface area (Å²) in [7, 11) is 1.78. The summed E-state index contributed by atoms with van der Waals surface area (Å²) in [6.45, 7) is 0.125. The summed E-state index contributed by atoms with van der Waals surface area (Å²) < 4.78 is 1.64. The Bertz CT molecular complexity index is 922. The first-order chi connectivity index (χ1) is 13.0. The molecular weight excluding hydrogens is 366 g/mol. The van der Waals surface area contributed by atoms with Gasteiger partial charge in [0, 0.05) is 24.5 Å². The topological polar surface area (TPSA) is 109 Å². The van der Waals surface area contributed by atoms with Crippen molar-refractivity contribution in [2.45, 2.75) is 12.5 Å². The Kier molecular flexibility index (Phi) is 5.82. The highest BCUT2D eigenvalue weighted by Crippen LogP contribution is 2.24. The van der Waals surface area contributed by atoms with Crippen molar-refractivity contribution >= 4 is 23.3 Å². The van der Waals surface area contributed by atoms with Crippen molar-refractivity contribution in [1.29, 1.82) is 0 Å². The van der Waals surface area contributed by atoms with Gasteiger partial charge in [-0.05, 0) is 18.1 Å². The normalized spacial score (nSPS) is 11.7. The maximum Gasteiger partial charge on any atom is 0.404 e. The van der Waals surface area contributed by atoms with Gasteiger partial charge in [-0.2, -0.15) is 0 Å². The number of aromatic nitrogens is 3. The van der Waals surface area contributed by atoms with E-state index in [1.54, 1.807) is 24.0 Å². The maximum absolute atomic E-state index is 12.6. The summed E-state index contributed by atoms with van der Waals surface area (Å²) >= 11 is 1.32. The molecule has 3 N–H and O–H groups in total. The number of thiophene rings is 1. The molecule has 2 aromatic heterocycles. The molecule has 2 amide bonds. The third-order valence-corrected chi connectivity index (χ3v) is 4.92. The van der Waals surface area contributed by atoms with Crippen molar-refractivity contribution in [3.63, 3.8) is 0 Å². The number of carbonyl (C=O) groups is 2. The van der Waals surface area contributed by atoms with Crippen molar-refractivity contribution in [2.75, 3.05) is 6.54 Å². The Morgan fingerprint density at radius 3 is 2.74 bits per heavy atom. The first-order valence-electron chi connectivity index (χ1n) is 8.28. The zero-order valence-electron chi connectivity index (χ0n) is 14.6. The minimum atomic E-state index is -1.12. The third-order valence-electron chi connectivity index (χ3n) is 3.99. The highest BCUT2D eigenvalue weighted by molar-refractivity contribution is 7.12. The molecule has 0 aliphatic heterocycles. The van der Waals surface area contributed by atoms with Gasteiger partial charge >= 0.3 is 6.09 Å². The molecule has 9 heteroatoms. The molecule has 0 saturated carbocycles. The smallest absolute Gasteiger partial charge is 0.404 e. The van der Waals surface area contributed by atoms with E-state index in [9.17, 15) is 9.59 Å². The standard InChI is InChI=1S/C18H19N5O3S/c1-23-15(10-20-22-23)13-8-16(27-11-13)17(24)21-14(9-19-18(25)26)7-12-5-3-2-4-6-12/h2-6,8,10-11,14,19H,7,9H2,1H3,(H,21,24)(H,25,26)/t14-/m0/s1. The Morgan fingerprint density at radius 2 is 2.07 bits per heavy atom. The van der Waals surface area contributed by atoms with E-state index in [2.05, 4.69) is 20.9 Å². The molecule has 0 radical (unpaired) electrons. The molecule has 8 nitrogen and oxygen atoms in total. The van der Waals surface area contributed by atoms with Crippen LogP contribution in [0.4, 0.5) is 4.79 Å². The molecule has 0 aliphatic rings. The number of hydrogen-bond donors (Lipinski definition) is 3. The zero-order chi connectivity index (χ0) is 19.2. The second-order valence-electron chi connectivity index (χ2n) is 5.99. The van der Waals surface area contributed by atoms with Crippen molar-refractivity contribution in [3.8, 4) is 11.3 Å². The van der Waals surface area contributed by atoms with Gasteiger partial charge < -0.3 is 15.7 Å². The van der Waals surface area contributed by atoms with Crippen LogP contribution in [-0.2, 0) is 13.5 Å². The van der Waals surface area contributed by atoms with Crippen LogP contribution in [0.25, 0.3) is 11.3 Å². The van der Waals surface area contributed by atoms with Crippen LogP contribution >= 0.6 is 11.3 Å². The molecule has 3 aromatic rings.